The van der Waals surface area contributed by atoms with Gasteiger partial charge in [-0.15, -0.1) is 0 Å². The molecule has 0 N–H and O–H groups in total. The van der Waals surface area contributed by atoms with Gasteiger partial charge in [-0.25, -0.2) is 0 Å². The molecule has 0 aliphatic carbocycles. The standard InChI is InChI=1S/C4H6BrO2/c5-3-4-6-1-2-7-4/h1,4H,2-3H2/q+1. The second kappa shape index (κ2) is 2.55. The molecular formula is C4H6BrO2+. The van der Waals surface area contributed by atoms with E-state index in [1.165, 1.54) is 0 Å². The first-order chi connectivity index (χ1) is 3.43. The predicted octanol–water partition coefficient (Wildman–Crippen LogP) is 0.916. The maximum atomic E-state index is 4.98. The van der Waals surface area contributed by atoms with Crippen molar-refractivity contribution in [2.45, 2.75) is 6.29 Å². The van der Waals surface area contributed by atoms with Crippen molar-refractivity contribution >= 4 is 15.9 Å². The lowest BCUT2D eigenvalue weighted by molar-refractivity contribution is -0.0118. The van der Waals surface area contributed by atoms with Gasteiger partial charge in [-0.1, -0.05) is 15.9 Å². The Morgan fingerprint density at radius 3 is 3.00 bits per heavy atom. The van der Waals surface area contributed by atoms with Crippen LogP contribution in [0.25, 0.3) is 0 Å². The van der Waals surface area contributed by atoms with Gasteiger partial charge in [-0.3, -0.25) is 0 Å². The topological polar surface area (TPSA) is 18.5 Å². The molecule has 7 heavy (non-hydrogen) atoms. The molecule has 40 valence electrons. The van der Waals surface area contributed by atoms with Crippen LogP contribution in [-0.4, -0.2) is 18.2 Å². The van der Waals surface area contributed by atoms with Gasteiger partial charge >= 0.3 is 0 Å². The molecule has 0 aromatic carbocycles. The first kappa shape index (κ1) is 5.41. The largest absolute Gasteiger partial charge is 0.302 e. The Labute approximate surface area is 50.9 Å². The third-order valence-electron chi connectivity index (χ3n) is 0.724. The van der Waals surface area contributed by atoms with E-state index in [0.29, 0.717) is 6.61 Å². The molecule has 1 unspecified atom stereocenters. The summed E-state index contributed by atoms with van der Waals surface area (Å²) in [6.45, 7) is 2.28. The fourth-order valence-corrected chi connectivity index (χ4v) is 0.753. The maximum Gasteiger partial charge on any atom is 0.258 e. The number of ether oxygens (including phenoxy) is 2. The molecule has 1 atom stereocenters. The van der Waals surface area contributed by atoms with Crippen molar-refractivity contribution < 1.29 is 9.47 Å². The summed E-state index contributed by atoms with van der Waals surface area (Å²) in [6, 6.07) is 0. The minimum Gasteiger partial charge on any atom is -0.302 e. The summed E-state index contributed by atoms with van der Waals surface area (Å²) in [5.74, 6) is 0. The van der Waals surface area contributed by atoms with Crippen molar-refractivity contribution in [2.75, 3.05) is 11.9 Å². The van der Waals surface area contributed by atoms with Gasteiger partial charge in [0.1, 0.15) is 0 Å². The van der Waals surface area contributed by atoms with Gasteiger partial charge in [0.25, 0.3) is 6.61 Å². The van der Waals surface area contributed by atoms with E-state index < -0.39 is 0 Å². The van der Waals surface area contributed by atoms with Crippen LogP contribution in [0.4, 0.5) is 0 Å². The summed E-state index contributed by atoms with van der Waals surface area (Å²) in [5, 5.41) is 0.753. The first-order valence-corrected chi connectivity index (χ1v) is 3.20. The highest BCUT2D eigenvalue weighted by molar-refractivity contribution is 9.09. The van der Waals surface area contributed by atoms with Gasteiger partial charge in [0.15, 0.2) is 0 Å². The molecule has 1 saturated heterocycles. The van der Waals surface area contributed by atoms with E-state index in [0.717, 1.165) is 5.33 Å². The van der Waals surface area contributed by atoms with Crippen LogP contribution >= 0.6 is 15.9 Å². The highest BCUT2D eigenvalue weighted by atomic mass is 79.9. The molecule has 3 heteroatoms. The molecular weight excluding hydrogens is 160 g/mol. The van der Waals surface area contributed by atoms with Crippen molar-refractivity contribution in [1.82, 2.24) is 0 Å². The third kappa shape index (κ3) is 1.33. The molecule has 1 fully saturated rings. The van der Waals surface area contributed by atoms with Crippen LogP contribution in [0, 0.1) is 6.61 Å². The zero-order chi connectivity index (χ0) is 5.11. The summed E-state index contributed by atoms with van der Waals surface area (Å²) in [6.07, 6.45) is -0.0417. The normalized spacial score (nSPS) is 30.1. The lowest BCUT2D eigenvalue weighted by Crippen LogP contribution is -2.07. The summed E-state index contributed by atoms with van der Waals surface area (Å²) in [5.41, 5.74) is 0. The van der Waals surface area contributed by atoms with Gasteiger partial charge in [-0.05, 0) is 0 Å². The van der Waals surface area contributed by atoms with Gasteiger partial charge in [0.2, 0.25) is 12.9 Å². The monoisotopic (exact) mass is 165 g/mol. The number of hydrogen-bond acceptors (Lipinski definition) is 2. The van der Waals surface area contributed by atoms with Crippen LogP contribution < -0.4 is 0 Å². The van der Waals surface area contributed by atoms with Crippen LogP contribution in [-0.2, 0) is 9.47 Å². The highest BCUT2D eigenvalue weighted by Crippen LogP contribution is 2.08. The fourth-order valence-electron chi connectivity index (χ4n) is 0.413. The van der Waals surface area contributed by atoms with Crippen molar-refractivity contribution in [3.63, 3.8) is 0 Å². The van der Waals surface area contributed by atoms with E-state index in [4.69, 9.17) is 9.47 Å². The maximum absolute atomic E-state index is 4.98. The average molecular weight is 166 g/mol. The SMILES string of the molecule is BrCC1O[CH+]CO1. The predicted molar refractivity (Wildman–Crippen MR) is 28.9 cm³/mol. The van der Waals surface area contributed by atoms with Crippen molar-refractivity contribution in [2.24, 2.45) is 0 Å². The molecule has 1 aliphatic rings. The first-order valence-electron chi connectivity index (χ1n) is 2.08. The van der Waals surface area contributed by atoms with Crippen LogP contribution in [0.3, 0.4) is 0 Å². The molecule has 1 aliphatic heterocycles. The van der Waals surface area contributed by atoms with E-state index in [2.05, 4.69) is 15.9 Å². The number of alkyl halides is 1. The molecule has 0 amide bonds. The van der Waals surface area contributed by atoms with Crippen LogP contribution in [0.5, 0.6) is 0 Å². The molecule has 2 nitrogen and oxygen atoms in total. The van der Waals surface area contributed by atoms with Crippen molar-refractivity contribution in [3.8, 4) is 0 Å². The molecule has 0 radical (unpaired) electrons. The third-order valence-corrected chi connectivity index (χ3v) is 1.25. The molecule has 1 rings (SSSR count). The Morgan fingerprint density at radius 2 is 2.71 bits per heavy atom. The van der Waals surface area contributed by atoms with Crippen LogP contribution in [0.2, 0.25) is 0 Å². The summed E-state index contributed by atoms with van der Waals surface area (Å²) < 4.78 is 9.89. The summed E-state index contributed by atoms with van der Waals surface area (Å²) in [4.78, 5) is 0. The quantitative estimate of drug-likeness (QED) is 0.425. The minimum absolute atomic E-state index is 0.0417. The lowest BCUT2D eigenvalue weighted by atomic mass is 10.8. The van der Waals surface area contributed by atoms with Gasteiger partial charge in [0.05, 0.1) is 5.33 Å². The second-order valence-electron chi connectivity index (χ2n) is 1.22. The minimum atomic E-state index is -0.0417. The molecule has 0 bridgehead atoms. The highest BCUT2D eigenvalue weighted by Gasteiger charge is 2.22. The summed E-state index contributed by atoms with van der Waals surface area (Å²) in [7, 11) is 0. The van der Waals surface area contributed by atoms with Crippen molar-refractivity contribution in [3.05, 3.63) is 6.61 Å². The van der Waals surface area contributed by atoms with Crippen LogP contribution in [0.15, 0.2) is 0 Å². The number of rotatable bonds is 1. The molecule has 0 saturated carbocycles. The molecule has 0 spiro atoms. The zero-order valence-corrected chi connectivity index (χ0v) is 5.35. The van der Waals surface area contributed by atoms with E-state index in [1.54, 1.807) is 6.61 Å². The Morgan fingerprint density at radius 1 is 1.86 bits per heavy atom. The Bertz CT molecular complexity index is 51.7. The Kier molecular flexibility index (Phi) is 1.97. The average Bonchev–Trinajstić information content (AvgIpc) is 2.14. The fraction of sp³-hybridized carbons (Fsp3) is 0.750. The smallest absolute Gasteiger partial charge is 0.258 e. The van der Waals surface area contributed by atoms with Gasteiger partial charge < -0.3 is 4.74 Å². The number of halogens is 1. The second-order valence-corrected chi connectivity index (χ2v) is 1.87. The summed E-state index contributed by atoms with van der Waals surface area (Å²) >= 11 is 3.21. The van der Waals surface area contributed by atoms with E-state index in [9.17, 15) is 0 Å². The van der Waals surface area contributed by atoms with E-state index in [-0.39, 0.29) is 6.29 Å². The molecule has 1 heterocycles. The lowest BCUT2D eigenvalue weighted by Gasteiger charge is -1.93. The van der Waals surface area contributed by atoms with Crippen molar-refractivity contribution in [1.29, 1.82) is 0 Å². The Balaban J connectivity index is 2.14. The van der Waals surface area contributed by atoms with Crippen LogP contribution in [0.1, 0.15) is 0 Å². The molecule has 0 aromatic heterocycles. The number of hydrogen-bond donors (Lipinski definition) is 0. The molecule has 0 aromatic rings. The Hall–Kier alpha value is 0.270. The van der Waals surface area contributed by atoms with Gasteiger partial charge in [0, 0.05) is 0 Å². The van der Waals surface area contributed by atoms with Gasteiger partial charge in [-0.2, -0.15) is 4.74 Å². The zero-order valence-electron chi connectivity index (χ0n) is 3.76. The van der Waals surface area contributed by atoms with E-state index >= 15 is 0 Å². The van der Waals surface area contributed by atoms with E-state index in [1.807, 2.05) is 0 Å².